The number of benzene rings is 4. The lowest BCUT2D eigenvalue weighted by Crippen LogP contribution is -2.40. The van der Waals surface area contributed by atoms with Crippen molar-refractivity contribution in [2.45, 2.75) is 37.8 Å². The number of carbonyl (C=O) groups is 2. The average molecular weight is 699 g/mol. The number of imidazole rings is 1. The lowest BCUT2D eigenvalue weighted by molar-refractivity contribution is 0.0600. The zero-order chi connectivity index (χ0) is 34.3. The van der Waals surface area contributed by atoms with Crippen molar-refractivity contribution < 1.29 is 14.3 Å². The van der Waals surface area contributed by atoms with Gasteiger partial charge in [-0.1, -0.05) is 71.7 Å². The smallest absolute Gasteiger partial charge is 0.337 e. The number of likely N-dealkylation sites (N-methyl/N-ethyl adjacent to an activating group) is 1. The van der Waals surface area contributed by atoms with E-state index in [2.05, 4.69) is 20.9 Å². The van der Waals surface area contributed by atoms with E-state index in [1.807, 2.05) is 85.9 Å². The molecule has 5 aromatic rings. The van der Waals surface area contributed by atoms with Crippen LogP contribution in [-0.4, -0.2) is 77.6 Å². The zero-order valence-electron chi connectivity index (χ0n) is 27.8. The van der Waals surface area contributed by atoms with Gasteiger partial charge in [0.1, 0.15) is 0 Å². The number of esters is 1. The highest BCUT2D eigenvalue weighted by molar-refractivity contribution is 6.42. The summed E-state index contributed by atoms with van der Waals surface area (Å²) < 4.78 is 7.07. The number of ether oxygens (including phenoxy) is 1. The van der Waals surface area contributed by atoms with E-state index in [1.165, 1.54) is 7.11 Å². The van der Waals surface area contributed by atoms with Gasteiger partial charge in [-0.2, -0.15) is 0 Å². The number of aromatic nitrogens is 2. The molecule has 8 nitrogen and oxygen atoms in total. The van der Waals surface area contributed by atoms with Gasteiger partial charge in [0, 0.05) is 44.2 Å². The minimum Gasteiger partial charge on any atom is -0.465 e. The summed E-state index contributed by atoms with van der Waals surface area (Å²) in [5.74, 6) is 0.609. The highest BCUT2D eigenvalue weighted by atomic mass is 35.5. The summed E-state index contributed by atoms with van der Waals surface area (Å²) in [6, 6.07) is 31.2. The Morgan fingerprint density at radius 3 is 2.35 bits per heavy atom. The number of hydrogen-bond donors (Lipinski definition) is 1. The van der Waals surface area contributed by atoms with E-state index in [0.29, 0.717) is 34.3 Å². The van der Waals surface area contributed by atoms with Gasteiger partial charge in [-0.15, -0.1) is 0 Å². The molecule has 0 aliphatic carbocycles. The largest absolute Gasteiger partial charge is 0.465 e. The molecular formula is C39H41Cl2N5O3. The number of anilines is 1. The molecule has 0 unspecified atom stereocenters. The quantitative estimate of drug-likeness (QED) is 0.133. The molecule has 6 rings (SSSR count). The number of methoxy groups -OCH3 is 1. The third-order valence-corrected chi connectivity index (χ3v) is 10.1. The first-order chi connectivity index (χ1) is 23.8. The monoisotopic (exact) mass is 697 g/mol. The molecule has 1 atom stereocenters. The zero-order valence-corrected chi connectivity index (χ0v) is 29.3. The summed E-state index contributed by atoms with van der Waals surface area (Å²) in [6.07, 6.45) is 2.86. The Balaban J connectivity index is 1.09. The molecule has 0 saturated carbocycles. The van der Waals surface area contributed by atoms with E-state index in [9.17, 15) is 9.59 Å². The number of likely N-dealkylation sites (tertiary alicyclic amines) is 1. The van der Waals surface area contributed by atoms with Crippen LogP contribution in [0.4, 0.5) is 5.95 Å². The molecule has 1 aromatic heterocycles. The predicted octanol–water partition coefficient (Wildman–Crippen LogP) is 8.00. The summed E-state index contributed by atoms with van der Waals surface area (Å²) >= 11 is 12.7. The second-order valence-electron chi connectivity index (χ2n) is 12.7. The van der Waals surface area contributed by atoms with Crippen molar-refractivity contribution in [2.24, 2.45) is 0 Å². The third-order valence-electron chi connectivity index (χ3n) is 9.36. The van der Waals surface area contributed by atoms with Gasteiger partial charge in [0.25, 0.3) is 5.91 Å². The van der Waals surface area contributed by atoms with Gasteiger partial charge < -0.3 is 24.4 Å². The molecule has 10 heteroatoms. The van der Waals surface area contributed by atoms with Crippen LogP contribution < -0.4 is 5.32 Å². The van der Waals surface area contributed by atoms with Gasteiger partial charge in [-0.3, -0.25) is 4.79 Å². The average Bonchev–Trinajstić information content (AvgIpc) is 3.47. The van der Waals surface area contributed by atoms with Crippen molar-refractivity contribution in [3.63, 3.8) is 0 Å². The van der Waals surface area contributed by atoms with Crippen LogP contribution in [0, 0.1) is 0 Å². The van der Waals surface area contributed by atoms with Crippen molar-refractivity contribution in [1.82, 2.24) is 19.4 Å². The Bertz CT molecular complexity index is 1890. The Kier molecular flexibility index (Phi) is 11.2. The van der Waals surface area contributed by atoms with Crippen LogP contribution in [0.15, 0.2) is 97.1 Å². The van der Waals surface area contributed by atoms with Crippen molar-refractivity contribution in [3.05, 3.63) is 129 Å². The number of carbonyl (C=O) groups excluding carboxylic acids is 2. The van der Waals surface area contributed by atoms with Gasteiger partial charge in [0.2, 0.25) is 5.95 Å². The predicted molar refractivity (Wildman–Crippen MR) is 197 cm³/mol. The molecule has 1 amide bonds. The standard InChI is InChI=1S/C39H41Cl2N5O3/c1-44(37(47)28-8-4-3-5-9-28)26-31(30-16-17-33(40)34(41)24-30)18-21-45-22-19-32(20-23-45)42-39-43-35-10-6-7-11-36(35)46(39)25-27-12-14-29(15-13-27)38(48)49-2/h3-17,24,31-32H,18-23,25-26H2,1-2H3,(H,42,43)/t31-/m0/s1. The van der Waals surface area contributed by atoms with E-state index in [0.717, 1.165) is 67.0 Å². The van der Waals surface area contributed by atoms with Crippen LogP contribution in [0.3, 0.4) is 0 Å². The number of para-hydroxylation sites is 2. The molecule has 1 N–H and O–H groups in total. The summed E-state index contributed by atoms with van der Waals surface area (Å²) in [5, 5.41) is 4.81. The second kappa shape index (κ2) is 15.9. The molecule has 254 valence electrons. The third kappa shape index (κ3) is 8.44. The van der Waals surface area contributed by atoms with E-state index in [1.54, 1.807) is 17.0 Å². The highest BCUT2D eigenvalue weighted by Crippen LogP contribution is 2.30. The summed E-state index contributed by atoms with van der Waals surface area (Å²) in [4.78, 5) is 34.4. The molecule has 0 spiro atoms. The van der Waals surface area contributed by atoms with Crippen LogP contribution in [0.5, 0.6) is 0 Å². The van der Waals surface area contributed by atoms with Crippen LogP contribution in [0.1, 0.15) is 57.0 Å². The number of halogens is 2. The fraction of sp³-hybridized carbons (Fsp3) is 0.308. The fourth-order valence-electron chi connectivity index (χ4n) is 6.56. The molecule has 49 heavy (non-hydrogen) atoms. The maximum Gasteiger partial charge on any atom is 0.337 e. The van der Waals surface area contributed by atoms with Gasteiger partial charge in [-0.05, 0) is 85.5 Å². The summed E-state index contributed by atoms with van der Waals surface area (Å²) in [7, 11) is 3.25. The summed E-state index contributed by atoms with van der Waals surface area (Å²) in [5.41, 5.74) is 5.36. The number of nitrogens with one attached hydrogen (secondary N) is 1. The first kappa shape index (κ1) is 34.5. The van der Waals surface area contributed by atoms with Crippen molar-refractivity contribution in [1.29, 1.82) is 0 Å². The number of nitrogens with zero attached hydrogens (tertiary/aromatic N) is 4. The molecule has 0 radical (unpaired) electrons. The molecular weight excluding hydrogens is 657 g/mol. The lowest BCUT2D eigenvalue weighted by atomic mass is 9.94. The van der Waals surface area contributed by atoms with E-state index >= 15 is 0 Å². The highest BCUT2D eigenvalue weighted by Gasteiger charge is 2.24. The van der Waals surface area contributed by atoms with Crippen molar-refractivity contribution >= 4 is 52.1 Å². The number of amides is 1. The molecule has 2 heterocycles. The van der Waals surface area contributed by atoms with Gasteiger partial charge in [0.05, 0.1) is 40.3 Å². The van der Waals surface area contributed by atoms with Crippen LogP contribution >= 0.6 is 23.2 Å². The van der Waals surface area contributed by atoms with E-state index in [-0.39, 0.29) is 23.8 Å². The van der Waals surface area contributed by atoms with Gasteiger partial charge in [0.15, 0.2) is 0 Å². The number of rotatable bonds is 12. The molecule has 1 fully saturated rings. The maximum absolute atomic E-state index is 13.2. The van der Waals surface area contributed by atoms with Crippen molar-refractivity contribution in [3.8, 4) is 0 Å². The Hall–Kier alpha value is -4.37. The molecule has 0 bridgehead atoms. The first-order valence-corrected chi connectivity index (χ1v) is 17.4. The SMILES string of the molecule is COC(=O)c1ccc(Cn2c(NC3CCN(CC[C@@H](CN(C)C(=O)c4ccccc4)c4ccc(Cl)c(Cl)c4)CC3)nc3ccccc32)cc1. The minimum absolute atomic E-state index is 0.00165. The number of fused-ring (bicyclic) bond motifs is 1. The lowest BCUT2D eigenvalue weighted by Gasteiger charge is -2.34. The Morgan fingerprint density at radius 1 is 0.918 bits per heavy atom. The topological polar surface area (TPSA) is 79.7 Å². The van der Waals surface area contributed by atoms with Gasteiger partial charge >= 0.3 is 5.97 Å². The Labute approximate surface area is 297 Å². The Morgan fingerprint density at radius 2 is 1.63 bits per heavy atom. The minimum atomic E-state index is -0.344. The fourth-order valence-corrected chi connectivity index (χ4v) is 6.87. The van der Waals surface area contributed by atoms with Gasteiger partial charge in [-0.25, -0.2) is 9.78 Å². The molecule has 4 aromatic carbocycles. The number of hydrogen-bond acceptors (Lipinski definition) is 6. The molecule has 1 saturated heterocycles. The molecule has 1 aliphatic heterocycles. The van der Waals surface area contributed by atoms with Crippen molar-refractivity contribution in [2.75, 3.05) is 45.7 Å². The van der Waals surface area contributed by atoms with E-state index in [4.69, 9.17) is 32.9 Å². The van der Waals surface area contributed by atoms with E-state index < -0.39 is 0 Å². The first-order valence-electron chi connectivity index (χ1n) is 16.7. The normalized spacial score (nSPS) is 14.4. The van der Waals surface area contributed by atoms with Crippen LogP contribution in [0.2, 0.25) is 10.0 Å². The second-order valence-corrected chi connectivity index (χ2v) is 13.5. The van der Waals surface area contributed by atoms with Crippen LogP contribution in [-0.2, 0) is 11.3 Å². The van der Waals surface area contributed by atoms with Crippen LogP contribution in [0.25, 0.3) is 11.0 Å². The number of piperidine rings is 1. The molecule has 1 aliphatic rings. The maximum atomic E-state index is 13.2. The summed E-state index contributed by atoms with van der Waals surface area (Å²) in [6.45, 7) is 4.02.